The zero-order chi connectivity index (χ0) is 15.6. The van der Waals surface area contributed by atoms with Crippen LogP contribution in [0.25, 0.3) is 0 Å². The molecule has 1 aromatic heterocycles. The van der Waals surface area contributed by atoms with Crippen LogP contribution in [0.4, 0.5) is 17.6 Å². The van der Waals surface area contributed by atoms with Gasteiger partial charge in [0.15, 0.2) is 0 Å². The van der Waals surface area contributed by atoms with Gasteiger partial charge in [-0.15, -0.1) is 0 Å². The second-order valence-corrected chi connectivity index (χ2v) is 4.69. The third-order valence-electron chi connectivity index (χ3n) is 3.16. The van der Waals surface area contributed by atoms with Gasteiger partial charge in [-0.25, -0.2) is 4.39 Å². The van der Waals surface area contributed by atoms with Crippen LogP contribution in [-0.4, -0.2) is 9.78 Å². The molecular formula is C14H15F4N3. The van der Waals surface area contributed by atoms with E-state index in [4.69, 9.17) is 5.73 Å². The molecular weight excluding hydrogens is 286 g/mol. The Balaban J connectivity index is 2.40. The lowest BCUT2D eigenvalue weighted by Gasteiger charge is -2.16. The van der Waals surface area contributed by atoms with E-state index in [9.17, 15) is 17.6 Å². The lowest BCUT2D eigenvalue weighted by molar-refractivity contribution is -0.140. The second-order valence-electron chi connectivity index (χ2n) is 4.69. The molecule has 1 heterocycles. The van der Waals surface area contributed by atoms with Gasteiger partial charge in [-0.3, -0.25) is 4.68 Å². The molecule has 0 aliphatic rings. The summed E-state index contributed by atoms with van der Waals surface area (Å²) in [5, 5.41) is 4.08. The maximum atomic E-state index is 13.3. The molecule has 1 aromatic carbocycles. The molecule has 2 aromatic rings. The number of nitrogens with zero attached hydrogens (tertiary/aromatic N) is 2. The summed E-state index contributed by atoms with van der Waals surface area (Å²) < 4.78 is 53.1. The highest BCUT2D eigenvalue weighted by molar-refractivity contribution is 5.33. The normalized spacial score (nSPS) is 13.4. The van der Waals surface area contributed by atoms with Crippen LogP contribution in [0.15, 0.2) is 30.5 Å². The van der Waals surface area contributed by atoms with Crippen LogP contribution in [0.3, 0.4) is 0 Å². The minimum atomic E-state index is -4.75. The number of benzene rings is 1. The molecule has 2 N–H and O–H groups in total. The van der Waals surface area contributed by atoms with Crippen molar-refractivity contribution >= 4 is 0 Å². The molecule has 2 rings (SSSR count). The van der Waals surface area contributed by atoms with Crippen molar-refractivity contribution in [3.63, 3.8) is 0 Å². The van der Waals surface area contributed by atoms with Gasteiger partial charge in [0, 0.05) is 12.7 Å². The fraction of sp³-hybridized carbons (Fsp3) is 0.357. The molecule has 0 saturated carbocycles. The topological polar surface area (TPSA) is 43.8 Å². The van der Waals surface area contributed by atoms with Crippen molar-refractivity contribution in [3.8, 4) is 0 Å². The zero-order valence-electron chi connectivity index (χ0n) is 11.4. The number of rotatable bonds is 4. The molecule has 0 radical (unpaired) electrons. The Morgan fingerprint density at radius 2 is 2.00 bits per heavy atom. The summed E-state index contributed by atoms with van der Waals surface area (Å²) in [6.45, 7) is 2.57. The van der Waals surface area contributed by atoms with E-state index in [-0.39, 0.29) is 5.56 Å². The summed E-state index contributed by atoms with van der Waals surface area (Å²) in [7, 11) is 0. The summed E-state index contributed by atoms with van der Waals surface area (Å²) in [6, 6.07) is 3.66. The highest BCUT2D eigenvalue weighted by Crippen LogP contribution is 2.33. The molecule has 1 unspecified atom stereocenters. The second kappa shape index (κ2) is 5.85. The Morgan fingerprint density at radius 3 is 2.62 bits per heavy atom. The first kappa shape index (κ1) is 15.5. The summed E-state index contributed by atoms with van der Waals surface area (Å²) in [5.41, 5.74) is 5.49. The van der Waals surface area contributed by atoms with Gasteiger partial charge in [0.2, 0.25) is 0 Å². The van der Waals surface area contributed by atoms with Gasteiger partial charge in [0.25, 0.3) is 0 Å². The standard InChI is InChI=1S/C14H15F4N3/c1-2-7-21-12(5-6-20-21)13(19)9-3-4-11(15)10(8-9)14(16,17)18/h3-6,8,13H,2,7,19H2,1H3. The molecule has 0 spiro atoms. The fourth-order valence-corrected chi connectivity index (χ4v) is 2.13. The number of alkyl halides is 3. The van der Waals surface area contributed by atoms with Crippen LogP contribution in [0, 0.1) is 5.82 Å². The average Bonchev–Trinajstić information content (AvgIpc) is 2.86. The van der Waals surface area contributed by atoms with Gasteiger partial charge in [0.05, 0.1) is 17.3 Å². The number of hydrogen-bond donors (Lipinski definition) is 1. The van der Waals surface area contributed by atoms with Crippen LogP contribution < -0.4 is 5.73 Å². The molecule has 7 heteroatoms. The van der Waals surface area contributed by atoms with Crippen LogP contribution in [0.5, 0.6) is 0 Å². The maximum Gasteiger partial charge on any atom is 0.419 e. The minimum absolute atomic E-state index is 0.196. The molecule has 0 saturated heterocycles. The van der Waals surface area contributed by atoms with Gasteiger partial charge in [-0.2, -0.15) is 18.3 Å². The van der Waals surface area contributed by atoms with E-state index in [1.807, 2.05) is 6.92 Å². The first-order chi connectivity index (χ1) is 9.84. The van der Waals surface area contributed by atoms with Crippen molar-refractivity contribution in [1.29, 1.82) is 0 Å². The quantitative estimate of drug-likeness (QED) is 0.878. The monoisotopic (exact) mass is 301 g/mol. The van der Waals surface area contributed by atoms with Gasteiger partial charge >= 0.3 is 6.18 Å². The third kappa shape index (κ3) is 3.24. The highest BCUT2D eigenvalue weighted by Gasteiger charge is 2.34. The highest BCUT2D eigenvalue weighted by atomic mass is 19.4. The van der Waals surface area contributed by atoms with E-state index in [0.29, 0.717) is 12.2 Å². The molecule has 21 heavy (non-hydrogen) atoms. The van der Waals surface area contributed by atoms with E-state index >= 15 is 0 Å². The van der Waals surface area contributed by atoms with Gasteiger partial charge in [-0.05, 0) is 30.2 Å². The van der Waals surface area contributed by atoms with E-state index < -0.39 is 23.6 Å². The summed E-state index contributed by atoms with van der Waals surface area (Å²) in [6.07, 6.45) is -2.39. The Kier molecular flexibility index (Phi) is 4.32. The van der Waals surface area contributed by atoms with Crippen molar-refractivity contribution in [2.75, 3.05) is 0 Å². The molecule has 114 valence electrons. The van der Waals surface area contributed by atoms with Crippen LogP contribution in [0.1, 0.15) is 36.2 Å². The molecule has 1 atom stereocenters. The number of halogens is 4. The Labute approximate surface area is 119 Å². The Hall–Kier alpha value is -1.89. The predicted octanol–water partition coefficient (Wildman–Crippen LogP) is 3.50. The van der Waals surface area contributed by atoms with Crippen LogP contribution >= 0.6 is 0 Å². The summed E-state index contributed by atoms with van der Waals surface area (Å²) in [4.78, 5) is 0. The van der Waals surface area contributed by atoms with Crippen molar-refractivity contribution in [2.45, 2.75) is 32.1 Å². The van der Waals surface area contributed by atoms with Crippen LogP contribution in [-0.2, 0) is 12.7 Å². The van der Waals surface area contributed by atoms with E-state index in [0.717, 1.165) is 18.6 Å². The smallest absolute Gasteiger partial charge is 0.319 e. The Bertz CT molecular complexity index is 619. The van der Waals surface area contributed by atoms with Gasteiger partial charge in [-0.1, -0.05) is 13.0 Å². The third-order valence-corrected chi connectivity index (χ3v) is 3.16. The molecule has 3 nitrogen and oxygen atoms in total. The van der Waals surface area contributed by atoms with E-state index in [1.165, 1.54) is 6.07 Å². The molecule has 0 aliphatic heterocycles. The SMILES string of the molecule is CCCn1nccc1C(N)c1ccc(F)c(C(F)(F)F)c1. The van der Waals surface area contributed by atoms with Crippen molar-refractivity contribution in [3.05, 3.63) is 53.1 Å². The summed E-state index contributed by atoms with van der Waals surface area (Å²) in [5.74, 6) is -1.31. The summed E-state index contributed by atoms with van der Waals surface area (Å²) >= 11 is 0. The Morgan fingerprint density at radius 1 is 1.29 bits per heavy atom. The molecule has 0 amide bonds. The number of aryl methyl sites for hydroxylation is 1. The van der Waals surface area contributed by atoms with Gasteiger partial charge in [0.1, 0.15) is 5.82 Å². The number of aromatic nitrogens is 2. The lowest BCUT2D eigenvalue weighted by atomic mass is 10.0. The van der Waals surface area contributed by atoms with Crippen molar-refractivity contribution < 1.29 is 17.6 Å². The van der Waals surface area contributed by atoms with E-state index in [2.05, 4.69) is 5.10 Å². The predicted molar refractivity (Wildman–Crippen MR) is 70.0 cm³/mol. The van der Waals surface area contributed by atoms with E-state index in [1.54, 1.807) is 16.9 Å². The van der Waals surface area contributed by atoms with Crippen molar-refractivity contribution in [1.82, 2.24) is 9.78 Å². The van der Waals surface area contributed by atoms with Gasteiger partial charge < -0.3 is 5.73 Å². The molecule has 0 fully saturated rings. The maximum absolute atomic E-state index is 13.3. The van der Waals surface area contributed by atoms with Crippen molar-refractivity contribution in [2.24, 2.45) is 5.73 Å². The fourth-order valence-electron chi connectivity index (χ4n) is 2.13. The first-order valence-corrected chi connectivity index (χ1v) is 6.48. The lowest BCUT2D eigenvalue weighted by Crippen LogP contribution is -2.19. The molecule has 0 bridgehead atoms. The largest absolute Gasteiger partial charge is 0.419 e. The first-order valence-electron chi connectivity index (χ1n) is 6.48. The zero-order valence-corrected chi connectivity index (χ0v) is 11.4. The number of nitrogens with two attached hydrogens (primary N) is 1. The minimum Gasteiger partial charge on any atom is -0.319 e. The number of hydrogen-bond acceptors (Lipinski definition) is 2. The molecule has 0 aliphatic carbocycles. The average molecular weight is 301 g/mol. The van der Waals surface area contributed by atoms with Crippen LogP contribution in [0.2, 0.25) is 0 Å².